The number of carbonyl (C=O) groups excluding carboxylic acids is 1. The Morgan fingerprint density at radius 2 is 1.58 bits per heavy atom. The van der Waals surface area contributed by atoms with Gasteiger partial charge in [0.1, 0.15) is 6.61 Å². The molecule has 1 N–H and O–H groups in total. The van der Waals surface area contributed by atoms with Gasteiger partial charge in [-0.2, -0.15) is 0 Å². The lowest BCUT2D eigenvalue weighted by Gasteiger charge is -2.40. The van der Waals surface area contributed by atoms with Crippen molar-refractivity contribution in [2.24, 2.45) is 0 Å². The molecule has 4 heteroatoms. The highest BCUT2D eigenvalue weighted by Gasteiger charge is 2.37. The summed E-state index contributed by atoms with van der Waals surface area (Å²) >= 11 is 0. The molecule has 0 aromatic heterocycles. The molecule has 0 radical (unpaired) electrons. The van der Waals surface area contributed by atoms with Crippen LogP contribution in [0, 0.1) is 0 Å². The average Bonchev–Trinajstić information content (AvgIpc) is 2.67. The van der Waals surface area contributed by atoms with Crippen molar-refractivity contribution in [3.05, 3.63) is 71.8 Å². The standard InChI is InChI=1S/C20H23NO3/c22-16-20(18-9-5-2-6-10-18)11-13-21(14-12-20)19(23)24-15-17-7-3-1-4-8-17/h1-10,22H,11-16H2. The van der Waals surface area contributed by atoms with E-state index in [0.29, 0.717) is 19.7 Å². The van der Waals surface area contributed by atoms with Gasteiger partial charge in [0.25, 0.3) is 0 Å². The van der Waals surface area contributed by atoms with E-state index < -0.39 is 0 Å². The van der Waals surface area contributed by atoms with Crippen LogP contribution in [0.5, 0.6) is 0 Å². The van der Waals surface area contributed by atoms with Crippen LogP contribution in [0.4, 0.5) is 4.79 Å². The zero-order chi connectivity index (χ0) is 16.8. The third-order valence-corrected chi connectivity index (χ3v) is 4.87. The van der Waals surface area contributed by atoms with Crippen molar-refractivity contribution in [1.29, 1.82) is 0 Å². The molecular weight excluding hydrogens is 302 g/mol. The van der Waals surface area contributed by atoms with Gasteiger partial charge in [-0.3, -0.25) is 0 Å². The summed E-state index contributed by atoms with van der Waals surface area (Å²) in [5.41, 5.74) is 1.87. The van der Waals surface area contributed by atoms with Gasteiger partial charge in [0.15, 0.2) is 0 Å². The van der Waals surface area contributed by atoms with E-state index in [1.54, 1.807) is 4.90 Å². The Labute approximate surface area is 142 Å². The predicted octanol–water partition coefficient (Wildman–Crippen LogP) is 3.35. The molecule has 2 aromatic rings. The molecule has 2 aromatic carbocycles. The van der Waals surface area contributed by atoms with Crippen molar-refractivity contribution in [2.45, 2.75) is 24.9 Å². The van der Waals surface area contributed by atoms with Crippen molar-refractivity contribution < 1.29 is 14.6 Å². The summed E-state index contributed by atoms with van der Waals surface area (Å²) in [6, 6.07) is 19.8. The summed E-state index contributed by atoms with van der Waals surface area (Å²) in [5, 5.41) is 9.94. The van der Waals surface area contributed by atoms with E-state index in [-0.39, 0.29) is 18.1 Å². The van der Waals surface area contributed by atoms with Crippen LogP contribution in [0.2, 0.25) is 0 Å². The predicted molar refractivity (Wildman–Crippen MR) is 92.6 cm³/mol. The highest BCUT2D eigenvalue weighted by Crippen LogP contribution is 2.35. The molecule has 1 amide bonds. The lowest BCUT2D eigenvalue weighted by molar-refractivity contribution is 0.0637. The minimum atomic E-state index is -0.279. The zero-order valence-corrected chi connectivity index (χ0v) is 13.7. The molecule has 0 unspecified atom stereocenters. The molecule has 1 heterocycles. The fourth-order valence-corrected chi connectivity index (χ4v) is 3.26. The number of piperidine rings is 1. The minimum absolute atomic E-state index is 0.101. The highest BCUT2D eigenvalue weighted by atomic mass is 16.6. The topological polar surface area (TPSA) is 49.8 Å². The number of nitrogens with zero attached hydrogens (tertiary/aromatic N) is 1. The second-order valence-corrected chi connectivity index (χ2v) is 6.33. The van der Waals surface area contributed by atoms with Gasteiger partial charge in [-0.25, -0.2) is 4.79 Å². The third kappa shape index (κ3) is 3.60. The third-order valence-electron chi connectivity index (χ3n) is 4.87. The summed E-state index contributed by atoms with van der Waals surface area (Å²) in [4.78, 5) is 14.0. The van der Waals surface area contributed by atoms with Crippen LogP contribution in [0.15, 0.2) is 60.7 Å². The minimum Gasteiger partial charge on any atom is -0.445 e. The molecule has 0 bridgehead atoms. The molecule has 1 fully saturated rings. The maximum absolute atomic E-state index is 12.2. The van der Waals surface area contributed by atoms with Gasteiger partial charge in [0.2, 0.25) is 0 Å². The van der Waals surface area contributed by atoms with Gasteiger partial charge < -0.3 is 14.7 Å². The Morgan fingerprint density at radius 1 is 1.00 bits per heavy atom. The smallest absolute Gasteiger partial charge is 0.410 e. The summed E-state index contributed by atoms with van der Waals surface area (Å²) in [7, 11) is 0. The number of carbonyl (C=O) groups is 1. The van der Waals surface area contributed by atoms with E-state index >= 15 is 0 Å². The molecule has 0 aliphatic carbocycles. The van der Waals surface area contributed by atoms with Gasteiger partial charge in [0, 0.05) is 18.5 Å². The van der Waals surface area contributed by atoms with Crippen molar-refractivity contribution >= 4 is 6.09 Å². The SMILES string of the molecule is O=C(OCc1ccccc1)N1CCC(CO)(c2ccccc2)CC1. The van der Waals surface area contributed by atoms with E-state index in [1.807, 2.05) is 48.5 Å². The number of likely N-dealkylation sites (tertiary alicyclic amines) is 1. The number of hydrogen-bond acceptors (Lipinski definition) is 3. The molecule has 0 atom stereocenters. The van der Waals surface area contributed by atoms with Gasteiger partial charge in [-0.1, -0.05) is 60.7 Å². The Hall–Kier alpha value is -2.33. The van der Waals surface area contributed by atoms with Gasteiger partial charge in [-0.15, -0.1) is 0 Å². The molecule has 1 saturated heterocycles. The Bertz CT molecular complexity index is 649. The molecule has 0 spiro atoms. The fraction of sp³-hybridized carbons (Fsp3) is 0.350. The summed E-state index contributed by atoms with van der Waals surface area (Å²) < 4.78 is 5.40. The second kappa shape index (κ2) is 7.49. The number of rotatable bonds is 4. The van der Waals surface area contributed by atoms with E-state index in [9.17, 15) is 9.90 Å². The zero-order valence-electron chi connectivity index (χ0n) is 13.7. The van der Waals surface area contributed by atoms with Crippen LogP contribution < -0.4 is 0 Å². The van der Waals surface area contributed by atoms with Crippen molar-refractivity contribution in [3.8, 4) is 0 Å². The van der Waals surface area contributed by atoms with Gasteiger partial charge in [-0.05, 0) is 24.0 Å². The first-order chi connectivity index (χ1) is 11.7. The van der Waals surface area contributed by atoms with Gasteiger partial charge >= 0.3 is 6.09 Å². The quantitative estimate of drug-likeness (QED) is 0.938. The second-order valence-electron chi connectivity index (χ2n) is 6.33. The Kier molecular flexibility index (Phi) is 5.16. The van der Waals surface area contributed by atoms with Crippen LogP contribution >= 0.6 is 0 Å². The highest BCUT2D eigenvalue weighted by molar-refractivity contribution is 5.67. The molecule has 126 valence electrons. The van der Waals surface area contributed by atoms with Crippen molar-refractivity contribution in [1.82, 2.24) is 4.90 Å². The maximum atomic E-state index is 12.2. The van der Waals surface area contributed by atoms with Crippen molar-refractivity contribution in [2.75, 3.05) is 19.7 Å². The largest absolute Gasteiger partial charge is 0.445 e. The number of aliphatic hydroxyl groups excluding tert-OH is 1. The van der Waals surface area contributed by atoms with E-state index in [1.165, 1.54) is 0 Å². The lowest BCUT2D eigenvalue weighted by atomic mass is 9.73. The monoisotopic (exact) mass is 325 g/mol. The maximum Gasteiger partial charge on any atom is 0.410 e. The molecule has 24 heavy (non-hydrogen) atoms. The van der Waals surface area contributed by atoms with Gasteiger partial charge in [0.05, 0.1) is 6.61 Å². The number of aliphatic hydroxyl groups is 1. The Morgan fingerprint density at radius 3 is 2.17 bits per heavy atom. The number of ether oxygens (including phenoxy) is 1. The van der Waals surface area contributed by atoms with Crippen LogP contribution in [-0.2, 0) is 16.8 Å². The number of hydrogen-bond donors (Lipinski definition) is 1. The fourth-order valence-electron chi connectivity index (χ4n) is 3.26. The normalized spacial score (nSPS) is 16.6. The summed E-state index contributed by atoms with van der Waals surface area (Å²) in [6.07, 6.45) is 1.21. The van der Waals surface area contributed by atoms with Crippen LogP contribution in [0.1, 0.15) is 24.0 Å². The first-order valence-electron chi connectivity index (χ1n) is 8.35. The molecular formula is C20H23NO3. The lowest BCUT2D eigenvalue weighted by Crippen LogP contribution is -2.47. The van der Waals surface area contributed by atoms with E-state index in [4.69, 9.17) is 4.74 Å². The molecule has 0 saturated carbocycles. The van der Waals surface area contributed by atoms with Crippen LogP contribution in [0.25, 0.3) is 0 Å². The molecule has 1 aliphatic heterocycles. The van der Waals surface area contributed by atoms with E-state index in [0.717, 1.165) is 24.0 Å². The summed E-state index contributed by atoms with van der Waals surface area (Å²) in [5.74, 6) is 0. The Balaban J connectivity index is 1.57. The first kappa shape index (κ1) is 16.5. The van der Waals surface area contributed by atoms with Crippen LogP contribution in [-0.4, -0.2) is 35.8 Å². The molecule has 1 aliphatic rings. The average molecular weight is 325 g/mol. The first-order valence-corrected chi connectivity index (χ1v) is 8.35. The molecule has 3 rings (SSSR count). The van der Waals surface area contributed by atoms with Crippen molar-refractivity contribution in [3.63, 3.8) is 0 Å². The summed E-state index contributed by atoms with van der Waals surface area (Å²) in [6.45, 7) is 1.59. The number of benzene rings is 2. The molecule has 4 nitrogen and oxygen atoms in total. The van der Waals surface area contributed by atoms with Crippen LogP contribution in [0.3, 0.4) is 0 Å². The van der Waals surface area contributed by atoms with E-state index in [2.05, 4.69) is 12.1 Å². The number of amides is 1.